The molecule has 5 heteroatoms. The zero-order chi connectivity index (χ0) is 13.1. The van der Waals surface area contributed by atoms with E-state index in [1.165, 1.54) is 5.56 Å². The summed E-state index contributed by atoms with van der Waals surface area (Å²) in [5.41, 5.74) is 2.10. The number of urea groups is 1. The third-order valence-electron chi connectivity index (χ3n) is 2.98. The highest BCUT2D eigenvalue weighted by Crippen LogP contribution is 2.13. The minimum atomic E-state index is -0.838. The van der Waals surface area contributed by atoms with Crippen molar-refractivity contribution in [2.75, 3.05) is 0 Å². The lowest BCUT2D eigenvalue weighted by Crippen LogP contribution is -2.56. The number of benzene rings is 1. The van der Waals surface area contributed by atoms with Crippen molar-refractivity contribution in [3.63, 3.8) is 0 Å². The molecule has 4 amide bonds. The van der Waals surface area contributed by atoms with Crippen molar-refractivity contribution in [1.29, 1.82) is 0 Å². The summed E-state index contributed by atoms with van der Waals surface area (Å²) in [7, 11) is 0. The molecule has 0 aliphatic carbocycles. The molecule has 0 atom stereocenters. The van der Waals surface area contributed by atoms with Gasteiger partial charge in [-0.15, -0.1) is 0 Å². The average Bonchev–Trinajstić information content (AvgIpc) is 2.34. The first kappa shape index (κ1) is 12.3. The molecule has 0 saturated carbocycles. The van der Waals surface area contributed by atoms with Gasteiger partial charge in [0.1, 0.15) is 5.92 Å². The molecule has 18 heavy (non-hydrogen) atoms. The second-order valence-corrected chi connectivity index (χ2v) is 4.23. The Hall–Kier alpha value is -2.17. The number of carbonyl (C=O) groups is 3. The van der Waals surface area contributed by atoms with Crippen LogP contribution in [0.4, 0.5) is 4.79 Å². The maximum atomic E-state index is 11.5. The van der Waals surface area contributed by atoms with Crippen LogP contribution in [-0.2, 0) is 22.4 Å². The Morgan fingerprint density at radius 3 is 1.94 bits per heavy atom. The average molecular weight is 246 g/mol. The van der Waals surface area contributed by atoms with Gasteiger partial charge in [-0.1, -0.05) is 31.2 Å². The minimum Gasteiger partial charge on any atom is -0.277 e. The Bertz CT molecular complexity index is 473. The van der Waals surface area contributed by atoms with Crippen molar-refractivity contribution in [3.05, 3.63) is 35.4 Å². The predicted molar refractivity (Wildman–Crippen MR) is 64.7 cm³/mol. The standard InChI is InChI=1S/C13H14N2O3/c1-2-8-3-5-9(6-4-8)7-10-11(16)14-13(18)15-12(10)17/h3-6,10H,2,7H2,1H3,(H2,14,15,16,17,18). The molecule has 1 heterocycles. The third kappa shape index (κ3) is 2.56. The number of hydrogen-bond donors (Lipinski definition) is 2. The van der Waals surface area contributed by atoms with E-state index in [1.54, 1.807) is 0 Å². The van der Waals surface area contributed by atoms with Crippen molar-refractivity contribution in [2.24, 2.45) is 5.92 Å². The Morgan fingerprint density at radius 1 is 0.944 bits per heavy atom. The van der Waals surface area contributed by atoms with Crippen LogP contribution in [0.3, 0.4) is 0 Å². The lowest BCUT2D eigenvalue weighted by Gasteiger charge is -2.20. The lowest BCUT2D eigenvalue weighted by molar-refractivity contribution is -0.135. The molecule has 94 valence electrons. The maximum absolute atomic E-state index is 11.5. The smallest absolute Gasteiger partial charge is 0.277 e. The van der Waals surface area contributed by atoms with Crippen LogP contribution in [0.25, 0.3) is 0 Å². The zero-order valence-corrected chi connectivity index (χ0v) is 10.0. The van der Waals surface area contributed by atoms with Crippen LogP contribution < -0.4 is 10.6 Å². The van der Waals surface area contributed by atoms with Gasteiger partial charge in [-0.25, -0.2) is 4.79 Å². The van der Waals surface area contributed by atoms with Gasteiger partial charge in [-0.05, 0) is 24.0 Å². The monoisotopic (exact) mass is 246 g/mol. The number of rotatable bonds is 3. The molecule has 1 saturated heterocycles. The Morgan fingerprint density at radius 2 is 1.44 bits per heavy atom. The van der Waals surface area contributed by atoms with Crippen LogP contribution in [-0.4, -0.2) is 17.8 Å². The molecule has 0 unspecified atom stereocenters. The van der Waals surface area contributed by atoms with Crippen LogP contribution in [0, 0.1) is 5.92 Å². The predicted octanol–water partition coefficient (Wildman–Crippen LogP) is 0.774. The lowest BCUT2D eigenvalue weighted by atomic mass is 9.95. The van der Waals surface area contributed by atoms with Crippen LogP contribution in [0.5, 0.6) is 0 Å². The van der Waals surface area contributed by atoms with Gasteiger partial charge in [-0.2, -0.15) is 0 Å². The van der Waals surface area contributed by atoms with E-state index in [0.29, 0.717) is 6.42 Å². The normalized spacial score (nSPS) is 16.4. The van der Waals surface area contributed by atoms with Crippen molar-refractivity contribution < 1.29 is 14.4 Å². The largest absolute Gasteiger partial charge is 0.328 e. The molecule has 1 aromatic rings. The minimum absolute atomic E-state index is 0.301. The van der Waals surface area contributed by atoms with Crippen molar-refractivity contribution in [1.82, 2.24) is 10.6 Å². The van der Waals surface area contributed by atoms with E-state index in [-0.39, 0.29) is 0 Å². The molecule has 0 bridgehead atoms. The summed E-state index contributed by atoms with van der Waals surface area (Å²) in [6, 6.07) is 6.99. The van der Waals surface area contributed by atoms with Crippen molar-refractivity contribution >= 4 is 17.8 Å². The fourth-order valence-electron chi connectivity index (χ4n) is 1.88. The van der Waals surface area contributed by atoms with E-state index in [0.717, 1.165) is 12.0 Å². The Labute approximate surface area is 105 Å². The summed E-state index contributed by atoms with van der Waals surface area (Å²) in [5, 5.41) is 4.19. The van der Waals surface area contributed by atoms with Gasteiger partial charge in [-0.3, -0.25) is 20.2 Å². The second-order valence-electron chi connectivity index (χ2n) is 4.23. The summed E-state index contributed by atoms with van der Waals surface area (Å²) < 4.78 is 0. The number of imide groups is 2. The van der Waals surface area contributed by atoms with Crippen LogP contribution in [0.15, 0.2) is 24.3 Å². The van der Waals surface area contributed by atoms with Crippen molar-refractivity contribution in [3.8, 4) is 0 Å². The summed E-state index contributed by atoms with van der Waals surface area (Å²) >= 11 is 0. The first-order valence-corrected chi connectivity index (χ1v) is 5.83. The van der Waals surface area contributed by atoms with Crippen LogP contribution >= 0.6 is 0 Å². The van der Waals surface area contributed by atoms with E-state index >= 15 is 0 Å². The molecule has 0 radical (unpaired) electrons. The Balaban J connectivity index is 2.10. The second kappa shape index (κ2) is 5.00. The summed E-state index contributed by atoms with van der Waals surface area (Å²) in [4.78, 5) is 34.0. The van der Waals surface area contributed by atoms with Crippen molar-refractivity contribution in [2.45, 2.75) is 19.8 Å². The van der Waals surface area contributed by atoms with Gasteiger partial charge >= 0.3 is 6.03 Å². The number of barbiturate groups is 1. The molecule has 1 fully saturated rings. The number of carbonyl (C=O) groups excluding carboxylic acids is 3. The Kier molecular flexibility index (Phi) is 3.41. The quantitative estimate of drug-likeness (QED) is 0.774. The molecule has 1 aromatic carbocycles. The third-order valence-corrected chi connectivity index (χ3v) is 2.98. The first-order valence-electron chi connectivity index (χ1n) is 5.83. The van der Waals surface area contributed by atoms with E-state index in [2.05, 4.69) is 17.6 Å². The van der Waals surface area contributed by atoms with Gasteiger partial charge < -0.3 is 0 Å². The molecular formula is C13H14N2O3. The van der Waals surface area contributed by atoms with Gasteiger partial charge in [0.15, 0.2) is 0 Å². The highest BCUT2D eigenvalue weighted by Gasteiger charge is 2.33. The number of amides is 4. The maximum Gasteiger partial charge on any atom is 0.328 e. The van der Waals surface area contributed by atoms with Gasteiger partial charge in [0.2, 0.25) is 11.8 Å². The number of hydrogen-bond acceptors (Lipinski definition) is 3. The zero-order valence-electron chi connectivity index (χ0n) is 10.0. The summed E-state index contributed by atoms with van der Waals surface area (Å²) in [6.07, 6.45) is 1.24. The number of aryl methyl sites for hydroxylation is 1. The molecule has 0 spiro atoms. The molecule has 2 rings (SSSR count). The van der Waals surface area contributed by atoms with E-state index in [9.17, 15) is 14.4 Å². The topological polar surface area (TPSA) is 75.3 Å². The molecule has 5 nitrogen and oxygen atoms in total. The van der Waals surface area contributed by atoms with Gasteiger partial charge in [0.25, 0.3) is 0 Å². The molecule has 1 aliphatic heterocycles. The van der Waals surface area contributed by atoms with E-state index in [4.69, 9.17) is 0 Å². The van der Waals surface area contributed by atoms with Crippen LogP contribution in [0.2, 0.25) is 0 Å². The highest BCUT2D eigenvalue weighted by atomic mass is 16.2. The summed E-state index contributed by atoms with van der Waals surface area (Å²) in [5.74, 6) is -1.91. The molecule has 2 N–H and O–H groups in total. The summed E-state index contributed by atoms with van der Waals surface area (Å²) in [6.45, 7) is 2.06. The SMILES string of the molecule is CCc1ccc(CC2C(=O)NC(=O)NC2=O)cc1. The molecular weight excluding hydrogens is 232 g/mol. The van der Waals surface area contributed by atoms with Gasteiger partial charge in [0.05, 0.1) is 0 Å². The van der Waals surface area contributed by atoms with Crippen LogP contribution in [0.1, 0.15) is 18.1 Å². The number of nitrogens with one attached hydrogen (secondary N) is 2. The van der Waals surface area contributed by atoms with E-state index in [1.807, 2.05) is 24.3 Å². The van der Waals surface area contributed by atoms with E-state index < -0.39 is 23.8 Å². The van der Waals surface area contributed by atoms with Gasteiger partial charge in [0, 0.05) is 0 Å². The molecule has 0 aromatic heterocycles. The fourth-order valence-corrected chi connectivity index (χ4v) is 1.88. The fraction of sp³-hybridized carbons (Fsp3) is 0.308. The highest BCUT2D eigenvalue weighted by molar-refractivity contribution is 6.16. The first-order chi connectivity index (χ1) is 8.60. The molecule has 1 aliphatic rings.